The van der Waals surface area contributed by atoms with Crippen LogP contribution >= 0.6 is 0 Å². The van der Waals surface area contributed by atoms with E-state index in [0.717, 1.165) is 23.6 Å². The highest BCUT2D eigenvalue weighted by molar-refractivity contribution is 5.94. The minimum atomic E-state index is -4.25. The van der Waals surface area contributed by atoms with Crippen LogP contribution in [0.25, 0.3) is 0 Å². The van der Waals surface area contributed by atoms with Crippen molar-refractivity contribution in [3.05, 3.63) is 29.8 Å². The van der Waals surface area contributed by atoms with Gasteiger partial charge < -0.3 is 10.2 Å². The van der Waals surface area contributed by atoms with Gasteiger partial charge in [-0.25, -0.2) is 0 Å². The summed E-state index contributed by atoms with van der Waals surface area (Å²) in [6.07, 6.45) is -4.26. The normalized spacial score (nSPS) is 11.2. The van der Waals surface area contributed by atoms with Gasteiger partial charge in [-0.05, 0) is 30.7 Å². The first kappa shape index (κ1) is 16.3. The largest absolute Gasteiger partial charge is 0.390 e. The molecule has 1 amide bonds. The lowest BCUT2D eigenvalue weighted by atomic mass is 10.1. The third-order valence-electron chi connectivity index (χ3n) is 2.79. The molecule has 0 spiro atoms. The summed E-state index contributed by atoms with van der Waals surface area (Å²) in [5.74, 6) is -0.406. The van der Waals surface area contributed by atoms with E-state index in [0.29, 0.717) is 5.56 Å². The van der Waals surface area contributed by atoms with Crippen LogP contribution in [0, 0.1) is 0 Å². The average Bonchev–Trinajstić information content (AvgIpc) is 2.41. The summed E-state index contributed by atoms with van der Waals surface area (Å²) < 4.78 is 36.3. The van der Waals surface area contributed by atoms with Crippen LogP contribution in [0.3, 0.4) is 0 Å². The number of hydrogen-bond acceptors (Lipinski definition) is 2. The number of hydrogen-bond donors (Lipinski definition) is 1. The van der Waals surface area contributed by atoms with Gasteiger partial charge in [0, 0.05) is 31.4 Å². The molecule has 0 aliphatic heterocycles. The van der Waals surface area contributed by atoms with Crippen molar-refractivity contribution < 1.29 is 18.0 Å². The molecule has 3 nitrogen and oxygen atoms in total. The van der Waals surface area contributed by atoms with Crippen LogP contribution < -0.4 is 5.32 Å². The highest BCUT2D eigenvalue weighted by Crippen LogP contribution is 2.20. The molecule has 0 saturated heterocycles. The summed E-state index contributed by atoms with van der Waals surface area (Å²) in [4.78, 5) is 13.0. The van der Waals surface area contributed by atoms with E-state index in [4.69, 9.17) is 0 Å². The maximum absolute atomic E-state index is 12.1. The lowest BCUT2D eigenvalue weighted by molar-refractivity contribution is -0.136. The fourth-order valence-electron chi connectivity index (χ4n) is 1.62. The van der Waals surface area contributed by atoms with Gasteiger partial charge in [0.05, 0.1) is 6.42 Å². The van der Waals surface area contributed by atoms with E-state index in [1.165, 1.54) is 7.05 Å². The zero-order valence-electron chi connectivity index (χ0n) is 11.6. The number of alkyl halides is 3. The van der Waals surface area contributed by atoms with Crippen molar-refractivity contribution in [3.8, 4) is 0 Å². The molecule has 1 aromatic rings. The molecule has 0 aliphatic rings. The van der Waals surface area contributed by atoms with Crippen LogP contribution in [0.5, 0.6) is 0 Å². The quantitative estimate of drug-likeness (QED) is 0.868. The number of halogens is 3. The number of benzene rings is 1. The Morgan fingerprint density at radius 3 is 2.35 bits per heavy atom. The van der Waals surface area contributed by atoms with Crippen LogP contribution in [0.2, 0.25) is 0 Å². The second kappa shape index (κ2) is 7.17. The van der Waals surface area contributed by atoms with Gasteiger partial charge in [0.15, 0.2) is 0 Å². The minimum Gasteiger partial charge on any atom is -0.385 e. The van der Waals surface area contributed by atoms with E-state index < -0.39 is 18.5 Å². The number of anilines is 1. The third kappa shape index (κ3) is 5.50. The number of nitrogens with zero attached hydrogens (tertiary/aromatic N) is 1. The molecule has 0 unspecified atom stereocenters. The third-order valence-corrected chi connectivity index (χ3v) is 2.79. The first-order chi connectivity index (χ1) is 9.33. The molecular weight excluding hydrogens is 269 g/mol. The molecule has 0 saturated carbocycles. The molecule has 0 fully saturated rings. The molecule has 0 heterocycles. The minimum absolute atomic E-state index is 0.335. The molecule has 6 heteroatoms. The Hall–Kier alpha value is -1.72. The Kier molecular flexibility index (Phi) is 5.85. The Morgan fingerprint density at radius 1 is 1.25 bits per heavy atom. The fraction of sp³-hybridized carbons (Fsp3) is 0.500. The van der Waals surface area contributed by atoms with Crippen molar-refractivity contribution in [1.29, 1.82) is 0 Å². The van der Waals surface area contributed by atoms with Crippen molar-refractivity contribution in [2.75, 3.05) is 25.5 Å². The molecular formula is C14H19F3N2O. The number of amides is 1. The molecule has 0 radical (unpaired) electrons. The van der Waals surface area contributed by atoms with Gasteiger partial charge in [-0.1, -0.05) is 6.92 Å². The zero-order chi connectivity index (χ0) is 15.2. The van der Waals surface area contributed by atoms with Gasteiger partial charge in [0.25, 0.3) is 5.91 Å². The molecule has 1 N–H and O–H groups in total. The Bertz CT molecular complexity index is 429. The summed E-state index contributed by atoms with van der Waals surface area (Å²) in [7, 11) is 1.37. The first-order valence-corrected chi connectivity index (χ1v) is 6.49. The van der Waals surface area contributed by atoms with Crippen molar-refractivity contribution in [1.82, 2.24) is 4.90 Å². The SMILES string of the molecule is CCCNc1ccc(C(=O)N(C)CCC(F)(F)F)cc1. The monoisotopic (exact) mass is 288 g/mol. The smallest absolute Gasteiger partial charge is 0.385 e. The summed E-state index contributed by atoms with van der Waals surface area (Å²) in [6.45, 7) is 2.54. The molecule has 20 heavy (non-hydrogen) atoms. The molecule has 112 valence electrons. The Labute approximate surface area is 116 Å². The van der Waals surface area contributed by atoms with Gasteiger partial charge in [-0.3, -0.25) is 4.79 Å². The predicted molar refractivity (Wildman–Crippen MR) is 72.9 cm³/mol. The van der Waals surface area contributed by atoms with Crippen LogP contribution in [0.4, 0.5) is 18.9 Å². The van der Waals surface area contributed by atoms with Crippen LogP contribution in [0.1, 0.15) is 30.1 Å². The van der Waals surface area contributed by atoms with E-state index in [1.807, 2.05) is 6.92 Å². The van der Waals surface area contributed by atoms with E-state index in [9.17, 15) is 18.0 Å². The van der Waals surface area contributed by atoms with E-state index in [2.05, 4.69) is 5.32 Å². The maximum Gasteiger partial charge on any atom is 0.390 e. The average molecular weight is 288 g/mol. The van der Waals surface area contributed by atoms with Crippen molar-refractivity contribution in [2.45, 2.75) is 25.9 Å². The molecule has 0 bridgehead atoms. The summed E-state index contributed by atoms with van der Waals surface area (Å²) in [5, 5.41) is 3.16. The summed E-state index contributed by atoms with van der Waals surface area (Å²) in [6, 6.07) is 6.73. The first-order valence-electron chi connectivity index (χ1n) is 6.49. The molecule has 0 atom stereocenters. The Balaban J connectivity index is 2.58. The number of rotatable bonds is 6. The van der Waals surface area contributed by atoms with Crippen molar-refractivity contribution >= 4 is 11.6 Å². The molecule has 0 aliphatic carbocycles. The second-order valence-corrected chi connectivity index (χ2v) is 4.60. The fourth-order valence-corrected chi connectivity index (χ4v) is 1.62. The van der Waals surface area contributed by atoms with Gasteiger partial charge in [-0.2, -0.15) is 13.2 Å². The van der Waals surface area contributed by atoms with Gasteiger partial charge in [0.1, 0.15) is 0 Å². The van der Waals surface area contributed by atoms with Crippen molar-refractivity contribution in [2.24, 2.45) is 0 Å². The van der Waals surface area contributed by atoms with Crippen LogP contribution in [0.15, 0.2) is 24.3 Å². The summed E-state index contributed by atoms with van der Waals surface area (Å²) >= 11 is 0. The van der Waals surface area contributed by atoms with E-state index in [-0.39, 0.29) is 6.54 Å². The number of carbonyl (C=O) groups is 1. The van der Waals surface area contributed by atoms with E-state index in [1.54, 1.807) is 24.3 Å². The standard InChI is InChI=1S/C14H19F3N2O/c1-3-9-18-12-6-4-11(5-7-12)13(20)19(2)10-8-14(15,16)17/h4-7,18H,3,8-10H2,1-2H3. The number of carbonyl (C=O) groups excluding carboxylic acids is 1. The second-order valence-electron chi connectivity index (χ2n) is 4.60. The highest BCUT2D eigenvalue weighted by atomic mass is 19.4. The zero-order valence-corrected chi connectivity index (χ0v) is 11.6. The maximum atomic E-state index is 12.1. The molecule has 0 aromatic heterocycles. The number of nitrogens with one attached hydrogen (secondary N) is 1. The highest BCUT2D eigenvalue weighted by Gasteiger charge is 2.28. The predicted octanol–water partition coefficient (Wildman–Crippen LogP) is 3.53. The Morgan fingerprint density at radius 2 is 1.85 bits per heavy atom. The van der Waals surface area contributed by atoms with Crippen LogP contribution in [-0.2, 0) is 0 Å². The van der Waals surface area contributed by atoms with E-state index >= 15 is 0 Å². The lowest BCUT2D eigenvalue weighted by Gasteiger charge is -2.18. The lowest BCUT2D eigenvalue weighted by Crippen LogP contribution is -2.30. The topological polar surface area (TPSA) is 32.3 Å². The van der Waals surface area contributed by atoms with Gasteiger partial charge in [-0.15, -0.1) is 0 Å². The summed E-state index contributed by atoms with van der Waals surface area (Å²) in [5.41, 5.74) is 1.28. The van der Waals surface area contributed by atoms with Crippen LogP contribution in [-0.4, -0.2) is 37.1 Å². The van der Waals surface area contributed by atoms with Gasteiger partial charge >= 0.3 is 6.18 Å². The molecule has 1 aromatic carbocycles. The molecule has 1 rings (SSSR count). The van der Waals surface area contributed by atoms with Gasteiger partial charge in [0.2, 0.25) is 0 Å². The van der Waals surface area contributed by atoms with Crippen molar-refractivity contribution in [3.63, 3.8) is 0 Å².